The molecule has 0 unspecified atom stereocenters. The molecule has 1 saturated carbocycles. The van der Waals surface area contributed by atoms with Gasteiger partial charge in [-0.05, 0) is 25.0 Å². The minimum absolute atomic E-state index is 0.0269. The molecule has 1 aliphatic rings. The zero-order valence-corrected chi connectivity index (χ0v) is 13.1. The summed E-state index contributed by atoms with van der Waals surface area (Å²) in [6, 6.07) is 7.65. The quantitative estimate of drug-likeness (QED) is 0.679. The summed E-state index contributed by atoms with van der Waals surface area (Å²) >= 11 is 1.44. The van der Waals surface area contributed by atoms with E-state index in [0.29, 0.717) is 21.8 Å². The lowest BCUT2D eigenvalue weighted by Gasteiger charge is -2.18. The van der Waals surface area contributed by atoms with Crippen molar-refractivity contribution >= 4 is 28.6 Å². The molecule has 2 N–H and O–H groups in total. The van der Waals surface area contributed by atoms with E-state index in [0.717, 1.165) is 25.7 Å². The average molecular weight is 317 g/mol. The van der Waals surface area contributed by atoms with Gasteiger partial charge in [-0.3, -0.25) is 14.2 Å². The topological polar surface area (TPSA) is 78.0 Å². The van der Waals surface area contributed by atoms with E-state index in [1.807, 2.05) is 28.8 Å². The Morgan fingerprint density at radius 2 is 2.05 bits per heavy atom. The van der Waals surface area contributed by atoms with E-state index in [1.54, 1.807) is 0 Å². The summed E-state index contributed by atoms with van der Waals surface area (Å²) in [4.78, 5) is 28.4. The van der Waals surface area contributed by atoms with Gasteiger partial charge in [-0.2, -0.15) is 0 Å². The number of rotatable bonds is 5. The van der Waals surface area contributed by atoms with Crippen LogP contribution in [0.3, 0.4) is 0 Å². The van der Waals surface area contributed by atoms with Gasteiger partial charge < -0.3 is 5.73 Å². The number of nitrogens with zero attached hydrogens (tertiary/aromatic N) is 2. The molecule has 1 aromatic heterocycles. The van der Waals surface area contributed by atoms with Crippen molar-refractivity contribution in [3.8, 4) is 0 Å². The second kappa shape index (κ2) is 6.52. The largest absolute Gasteiger partial charge is 0.370 e. The van der Waals surface area contributed by atoms with Crippen LogP contribution in [0.1, 0.15) is 38.1 Å². The van der Waals surface area contributed by atoms with Crippen molar-refractivity contribution in [2.75, 3.05) is 5.75 Å². The van der Waals surface area contributed by atoms with Gasteiger partial charge in [0.25, 0.3) is 5.56 Å². The Hall–Kier alpha value is -1.82. The lowest BCUT2D eigenvalue weighted by molar-refractivity contribution is -0.117. The Labute approximate surface area is 132 Å². The van der Waals surface area contributed by atoms with Crippen LogP contribution in [-0.2, 0) is 4.79 Å². The molecular formula is C16H19N3O2S. The predicted octanol–water partition coefficient (Wildman–Crippen LogP) is 2.48. The van der Waals surface area contributed by atoms with Crippen molar-refractivity contribution in [1.29, 1.82) is 0 Å². The first-order chi connectivity index (χ1) is 10.7. The number of thioether (sulfide) groups is 1. The van der Waals surface area contributed by atoms with Crippen LogP contribution in [-0.4, -0.2) is 21.2 Å². The normalized spacial score (nSPS) is 15.5. The van der Waals surface area contributed by atoms with E-state index in [2.05, 4.69) is 4.98 Å². The number of amides is 1. The number of hydrogen-bond donors (Lipinski definition) is 1. The van der Waals surface area contributed by atoms with Gasteiger partial charge in [-0.25, -0.2) is 4.98 Å². The molecule has 22 heavy (non-hydrogen) atoms. The van der Waals surface area contributed by atoms with Crippen molar-refractivity contribution in [3.63, 3.8) is 0 Å². The Kier molecular flexibility index (Phi) is 4.47. The molecule has 0 aliphatic heterocycles. The van der Waals surface area contributed by atoms with Crippen molar-refractivity contribution in [2.45, 2.75) is 43.3 Å². The summed E-state index contributed by atoms with van der Waals surface area (Å²) in [7, 11) is 0. The third-order valence-corrected chi connectivity index (χ3v) is 5.00. The minimum atomic E-state index is -0.331. The van der Waals surface area contributed by atoms with Gasteiger partial charge in [-0.1, -0.05) is 36.7 Å². The summed E-state index contributed by atoms with van der Waals surface area (Å²) in [5, 5.41) is 1.37. The van der Waals surface area contributed by atoms with Gasteiger partial charge in [0.1, 0.15) is 0 Å². The van der Waals surface area contributed by atoms with E-state index in [-0.39, 0.29) is 23.9 Å². The number of fused-ring (bicyclic) bond motifs is 1. The molecule has 0 radical (unpaired) electrons. The van der Waals surface area contributed by atoms with Crippen LogP contribution < -0.4 is 11.3 Å². The first kappa shape index (κ1) is 15.1. The number of aromatic nitrogens is 2. The summed E-state index contributed by atoms with van der Waals surface area (Å²) in [5.41, 5.74) is 5.93. The molecule has 2 aromatic rings. The van der Waals surface area contributed by atoms with Crippen molar-refractivity contribution in [2.24, 2.45) is 5.73 Å². The van der Waals surface area contributed by atoms with Gasteiger partial charge >= 0.3 is 0 Å². The third kappa shape index (κ3) is 3.02. The highest BCUT2D eigenvalue weighted by Crippen LogP contribution is 2.32. The predicted molar refractivity (Wildman–Crippen MR) is 88.0 cm³/mol. The Morgan fingerprint density at radius 3 is 2.77 bits per heavy atom. The Bertz CT molecular complexity index is 751. The number of para-hydroxylation sites is 1. The van der Waals surface area contributed by atoms with Gasteiger partial charge in [0.15, 0.2) is 5.16 Å². The van der Waals surface area contributed by atoms with Gasteiger partial charge in [-0.15, -0.1) is 0 Å². The van der Waals surface area contributed by atoms with Crippen LogP contribution >= 0.6 is 11.8 Å². The van der Waals surface area contributed by atoms with E-state index >= 15 is 0 Å². The molecule has 1 heterocycles. The molecule has 1 aromatic carbocycles. The van der Waals surface area contributed by atoms with E-state index in [9.17, 15) is 9.59 Å². The number of hydrogen-bond acceptors (Lipinski definition) is 4. The van der Waals surface area contributed by atoms with Crippen molar-refractivity contribution < 1.29 is 4.79 Å². The number of carbonyl (C=O) groups excluding carboxylic acids is 1. The SMILES string of the molecule is NC(=O)CCSc1nc2ccccc2c(=O)n1C1CCCC1. The Morgan fingerprint density at radius 1 is 1.32 bits per heavy atom. The fourth-order valence-electron chi connectivity index (χ4n) is 2.95. The Balaban J connectivity index is 2.04. The molecule has 116 valence electrons. The smallest absolute Gasteiger partial charge is 0.262 e. The second-order valence-corrected chi connectivity index (χ2v) is 6.65. The van der Waals surface area contributed by atoms with Crippen LogP contribution in [0, 0.1) is 0 Å². The molecule has 0 spiro atoms. The van der Waals surface area contributed by atoms with E-state index in [4.69, 9.17) is 5.73 Å². The highest BCUT2D eigenvalue weighted by molar-refractivity contribution is 7.99. The molecular weight excluding hydrogens is 298 g/mol. The molecule has 1 fully saturated rings. The number of nitrogens with two attached hydrogens (primary N) is 1. The maximum atomic E-state index is 12.9. The zero-order valence-electron chi connectivity index (χ0n) is 12.3. The summed E-state index contributed by atoms with van der Waals surface area (Å²) in [6.07, 6.45) is 4.62. The lowest BCUT2D eigenvalue weighted by Crippen LogP contribution is -2.26. The maximum Gasteiger partial charge on any atom is 0.262 e. The standard InChI is InChI=1S/C16H19N3O2S/c17-14(20)9-10-22-16-18-13-8-4-3-7-12(13)15(21)19(16)11-5-1-2-6-11/h3-4,7-8,11H,1-2,5-6,9-10H2,(H2,17,20). The van der Waals surface area contributed by atoms with Crippen LogP contribution in [0.5, 0.6) is 0 Å². The van der Waals surface area contributed by atoms with Crippen molar-refractivity contribution in [3.05, 3.63) is 34.6 Å². The summed E-state index contributed by atoms with van der Waals surface area (Å²) in [6.45, 7) is 0. The summed E-state index contributed by atoms with van der Waals surface area (Å²) < 4.78 is 1.83. The highest BCUT2D eigenvalue weighted by Gasteiger charge is 2.22. The molecule has 6 heteroatoms. The maximum absolute atomic E-state index is 12.9. The first-order valence-corrected chi connectivity index (χ1v) is 8.58. The van der Waals surface area contributed by atoms with Gasteiger partial charge in [0.05, 0.1) is 10.9 Å². The van der Waals surface area contributed by atoms with Crippen LogP contribution in [0.4, 0.5) is 0 Å². The fraction of sp³-hybridized carbons (Fsp3) is 0.438. The fourth-order valence-corrected chi connectivity index (χ4v) is 3.97. The minimum Gasteiger partial charge on any atom is -0.370 e. The van der Waals surface area contributed by atoms with Crippen LogP contribution in [0.15, 0.2) is 34.2 Å². The molecule has 1 amide bonds. The molecule has 0 bridgehead atoms. The number of carbonyl (C=O) groups is 1. The monoisotopic (exact) mass is 317 g/mol. The lowest BCUT2D eigenvalue weighted by atomic mass is 10.2. The molecule has 0 saturated heterocycles. The zero-order chi connectivity index (χ0) is 15.5. The molecule has 3 rings (SSSR count). The molecule has 0 atom stereocenters. The van der Waals surface area contributed by atoms with Gasteiger partial charge in [0, 0.05) is 18.2 Å². The molecule has 1 aliphatic carbocycles. The first-order valence-electron chi connectivity index (χ1n) is 7.59. The summed E-state index contributed by atoms with van der Waals surface area (Å²) in [5.74, 6) is 0.218. The number of primary amides is 1. The third-order valence-electron chi connectivity index (χ3n) is 4.04. The van der Waals surface area contributed by atoms with Crippen LogP contribution in [0.25, 0.3) is 10.9 Å². The van der Waals surface area contributed by atoms with Crippen LogP contribution in [0.2, 0.25) is 0 Å². The van der Waals surface area contributed by atoms with Crippen molar-refractivity contribution in [1.82, 2.24) is 9.55 Å². The highest BCUT2D eigenvalue weighted by atomic mass is 32.2. The number of benzene rings is 1. The van der Waals surface area contributed by atoms with E-state index in [1.165, 1.54) is 11.8 Å². The second-order valence-electron chi connectivity index (χ2n) is 5.59. The van der Waals surface area contributed by atoms with E-state index < -0.39 is 0 Å². The molecule has 5 nitrogen and oxygen atoms in total. The average Bonchev–Trinajstić information content (AvgIpc) is 3.01. The van der Waals surface area contributed by atoms with Gasteiger partial charge in [0.2, 0.25) is 5.91 Å².